The van der Waals surface area contributed by atoms with Crippen LogP contribution in [0.4, 0.5) is 0 Å². The Morgan fingerprint density at radius 1 is 0.963 bits per heavy atom. The van der Waals surface area contributed by atoms with Crippen LogP contribution in [0.5, 0.6) is 17.2 Å². The fourth-order valence-electron chi connectivity index (χ4n) is 3.46. The van der Waals surface area contributed by atoms with Crippen molar-refractivity contribution in [1.29, 1.82) is 0 Å². The van der Waals surface area contributed by atoms with Crippen LogP contribution >= 0.6 is 0 Å². The molecule has 1 aliphatic rings. The van der Waals surface area contributed by atoms with Gasteiger partial charge in [0.2, 0.25) is 0 Å². The molecule has 0 saturated heterocycles. The minimum atomic E-state index is -0.122. The highest BCUT2D eigenvalue weighted by atomic mass is 16.5. The topological polar surface area (TPSA) is 53.7 Å². The molecule has 0 spiro atoms. The summed E-state index contributed by atoms with van der Waals surface area (Å²) < 4.78 is 18.2. The van der Waals surface area contributed by atoms with Crippen molar-refractivity contribution in [1.82, 2.24) is 0 Å². The summed E-state index contributed by atoms with van der Waals surface area (Å²) in [5.41, 5.74) is 7.16. The molecule has 4 heteroatoms. The molecule has 1 fully saturated rings. The largest absolute Gasteiger partial charge is 0.490 e. The summed E-state index contributed by atoms with van der Waals surface area (Å²) in [6.07, 6.45) is 5.92. The van der Waals surface area contributed by atoms with Gasteiger partial charge in [0.15, 0.2) is 11.5 Å². The SMILES string of the molecule is CC(C)Oc1ccccc1OC(CN)Cc1cccc(OC2CCCC2)c1. The van der Waals surface area contributed by atoms with E-state index in [-0.39, 0.29) is 12.2 Å². The third-order valence-corrected chi connectivity index (χ3v) is 4.74. The summed E-state index contributed by atoms with van der Waals surface area (Å²) in [5.74, 6) is 2.43. The average Bonchev–Trinajstić information content (AvgIpc) is 3.15. The molecule has 4 nitrogen and oxygen atoms in total. The molecule has 0 heterocycles. The minimum Gasteiger partial charge on any atom is -0.490 e. The highest BCUT2D eigenvalue weighted by Crippen LogP contribution is 2.29. The summed E-state index contributed by atoms with van der Waals surface area (Å²) in [4.78, 5) is 0. The first-order chi connectivity index (χ1) is 13.1. The van der Waals surface area contributed by atoms with Crippen LogP contribution in [0.3, 0.4) is 0 Å². The van der Waals surface area contributed by atoms with Gasteiger partial charge < -0.3 is 19.9 Å². The molecule has 0 amide bonds. The van der Waals surface area contributed by atoms with Crippen molar-refractivity contribution in [3.8, 4) is 17.2 Å². The van der Waals surface area contributed by atoms with Gasteiger partial charge in [0, 0.05) is 13.0 Å². The van der Waals surface area contributed by atoms with Gasteiger partial charge in [0.1, 0.15) is 11.9 Å². The lowest BCUT2D eigenvalue weighted by molar-refractivity contribution is 0.181. The lowest BCUT2D eigenvalue weighted by atomic mass is 10.1. The monoisotopic (exact) mass is 369 g/mol. The van der Waals surface area contributed by atoms with E-state index >= 15 is 0 Å². The minimum absolute atomic E-state index is 0.0931. The van der Waals surface area contributed by atoms with E-state index in [0.717, 1.165) is 36.5 Å². The standard InChI is InChI=1S/C23H31NO3/c1-17(2)25-22-12-5-6-13-23(22)27-21(16-24)15-18-8-7-11-20(14-18)26-19-9-3-4-10-19/h5-8,11-14,17,19,21H,3-4,9-10,15-16,24H2,1-2H3. The van der Waals surface area contributed by atoms with Crippen molar-refractivity contribution in [2.24, 2.45) is 5.73 Å². The van der Waals surface area contributed by atoms with Gasteiger partial charge in [-0.25, -0.2) is 0 Å². The first kappa shape index (κ1) is 19.6. The predicted molar refractivity (Wildman–Crippen MR) is 109 cm³/mol. The van der Waals surface area contributed by atoms with Crippen molar-refractivity contribution < 1.29 is 14.2 Å². The second kappa shape index (κ2) is 9.65. The van der Waals surface area contributed by atoms with Crippen LogP contribution in [0.25, 0.3) is 0 Å². The van der Waals surface area contributed by atoms with Gasteiger partial charge in [0.05, 0.1) is 12.2 Å². The Morgan fingerprint density at radius 2 is 1.67 bits per heavy atom. The second-order valence-electron chi connectivity index (χ2n) is 7.46. The Hall–Kier alpha value is -2.20. The zero-order chi connectivity index (χ0) is 19.1. The van der Waals surface area contributed by atoms with Crippen LogP contribution in [0.1, 0.15) is 45.1 Å². The fraction of sp³-hybridized carbons (Fsp3) is 0.478. The van der Waals surface area contributed by atoms with Crippen LogP contribution < -0.4 is 19.9 Å². The van der Waals surface area contributed by atoms with E-state index in [9.17, 15) is 0 Å². The van der Waals surface area contributed by atoms with Crippen LogP contribution in [0.15, 0.2) is 48.5 Å². The molecule has 1 saturated carbocycles. The van der Waals surface area contributed by atoms with Gasteiger partial charge in [-0.2, -0.15) is 0 Å². The maximum Gasteiger partial charge on any atom is 0.161 e. The molecule has 1 unspecified atom stereocenters. The molecule has 0 bridgehead atoms. The van der Waals surface area contributed by atoms with Crippen molar-refractivity contribution in [2.45, 2.75) is 64.3 Å². The molecular weight excluding hydrogens is 338 g/mol. The molecule has 0 aliphatic heterocycles. The van der Waals surface area contributed by atoms with E-state index in [1.807, 2.05) is 50.2 Å². The zero-order valence-electron chi connectivity index (χ0n) is 16.4. The quantitative estimate of drug-likeness (QED) is 0.693. The van der Waals surface area contributed by atoms with E-state index in [2.05, 4.69) is 12.1 Å². The molecule has 1 aliphatic carbocycles. The second-order valence-corrected chi connectivity index (χ2v) is 7.46. The van der Waals surface area contributed by atoms with Gasteiger partial charge in [-0.15, -0.1) is 0 Å². The van der Waals surface area contributed by atoms with Gasteiger partial charge in [0.25, 0.3) is 0 Å². The fourth-order valence-corrected chi connectivity index (χ4v) is 3.46. The predicted octanol–water partition coefficient (Wildman–Crippen LogP) is 4.74. The van der Waals surface area contributed by atoms with E-state index in [4.69, 9.17) is 19.9 Å². The van der Waals surface area contributed by atoms with Crippen molar-refractivity contribution >= 4 is 0 Å². The normalized spacial score (nSPS) is 15.7. The number of rotatable bonds is 9. The summed E-state index contributed by atoms with van der Waals surface area (Å²) in [7, 11) is 0. The van der Waals surface area contributed by atoms with Crippen LogP contribution in [0.2, 0.25) is 0 Å². The Bertz CT molecular complexity index is 710. The number of benzene rings is 2. The number of hydrogen-bond acceptors (Lipinski definition) is 4. The van der Waals surface area contributed by atoms with Gasteiger partial charge >= 0.3 is 0 Å². The van der Waals surface area contributed by atoms with Crippen molar-refractivity contribution in [3.63, 3.8) is 0 Å². The maximum atomic E-state index is 6.18. The van der Waals surface area contributed by atoms with Crippen LogP contribution in [-0.2, 0) is 6.42 Å². The third-order valence-electron chi connectivity index (χ3n) is 4.74. The number of para-hydroxylation sites is 2. The Labute approximate surface area is 162 Å². The van der Waals surface area contributed by atoms with Crippen LogP contribution in [-0.4, -0.2) is 24.9 Å². The molecule has 0 radical (unpaired) electrons. The number of hydrogen-bond donors (Lipinski definition) is 1. The highest BCUT2D eigenvalue weighted by Gasteiger charge is 2.17. The third kappa shape index (κ3) is 5.90. The molecule has 3 rings (SSSR count). The first-order valence-corrected chi connectivity index (χ1v) is 10.0. The average molecular weight is 370 g/mol. The maximum absolute atomic E-state index is 6.18. The zero-order valence-corrected chi connectivity index (χ0v) is 16.4. The number of nitrogens with two attached hydrogens (primary N) is 1. The molecule has 2 aromatic carbocycles. The van der Waals surface area contributed by atoms with Gasteiger partial charge in [-0.3, -0.25) is 0 Å². The van der Waals surface area contributed by atoms with E-state index in [1.165, 1.54) is 18.4 Å². The van der Waals surface area contributed by atoms with Crippen molar-refractivity contribution in [2.75, 3.05) is 6.54 Å². The molecule has 146 valence electrons. The van der Waals surface area contributed by atoms with Crippen LogP contribution in [0, 0.1) is 0 Å². The van der Waals surface area contributed by atoms with Gasteiger partial charge in [-0.1, -0.05) is 24.3 Å². The molecule has 0 aromatic heterocycles. The summed E-state index contributed by atoms with van der Waals surface area (Å²) in [5, 5.41) is 0. The highest BCUT2D eigenvalue weighted by molar-refractivity contribution is 5.40. The molecule has 1 atom stereocenters. The van der Waals surface area contributed by atoms with Crippen molar-refractivity contribution in [3.05, 3.63) is 54.1 Å². The Balaban J connectivity index is 1.65. The lowest BCUT2D eigenvalue weighted by Gasteiger charge is -2.21. The van der Waals surface area contributed by atoms with Gasteiger partial charge in [-0.05, 0) is 69.4 Å². The molecule has 2 aromatic rings. The van der Waals surface area contributed by atoms with E-state index in [1.54, 1.807) is 0 Å². The molecular formula is C23H31NO3. The summed E-state index contributed by atoms with van der Waals surface area (Å²) >= 11 is 0. The summed E-state index contributed by atoms with van der Waals surface area (Å²) in [6, 6.07) is 16.1. The molecule has 2 N–H and O–H groups in total. The first-order valence-electron chi connectivity index (χ1n) is 10.0. The van der Waals surface area contributed by atoms with E-state index in [0.29, 0.717) is 12.6 Å². The smallest absolute Gasteiger partial charge is 0.161 e. The summed E-state index contributed by atoms with van der Waals surface area (Å²) in [6.45, 7) is 4.45. The number of ether oxygens (including phenoxy) is 3. The molecule has 27 heavy (non-hydrogen) atoms. The Morgan fingerprint density at radius 3 is 2.33 bits per heavy atom. The Kier molecular flexibility index (Phi) is 6.99. The lowest BCUT2D eigenvalue weighted by Crippen LogP contribution is -2.29. The van der Waals surface area contributed by atoms with E-state index < -0.39 is 0 Å².